The van der Waals surface area contributed by atoms with Crippen LogP contribution in [-0.2, 0) is 11.2 Å². The highest BCUT2D eigenvalue weighted by atomic mass is 79.9. The van der Waals surface area contributed by atoms with Gasteiger partial charge in [-0.1, -0.05) is 67.7 Å². The second-order valence-corrected chi connectivity index (χ2v) is 12.0. The summed E-state index contributed by atoms with van der Waals surface area (Å²) in [7, 11) is 3.25. The zero-order valence-corrected chi connectivity index (χ0v) is 20.8. The molecular weight excluding hydrogens is 542 g/mol. The monoisotopic (exact) mass is 565 g/mol. The summed E-state index contributed by atoms with van der Waals surface area (Å²) in [5.41, 5.74) is 0.715. The molecule has 3 aliphatic carbocycles. The van der Waals surface area contributed by atoms with E-state index in [1.54, 1.807) is 14.2 Å². The van der Waals surface area contributed by atoms with E-state index in [-0.39, 0.29) is 30.7 Å². The quantitative estimate of drug-likeness (QED) is 0.469. The molecule has 0 aliphatic heterocycles. The lowest BCUT2D eigenvalue weighted by Gasteiger charge is -2.66. The van der Waals surface area contributed by atoms with Gasteiger partial charge in [-0.05, 0) is 42.4 Å². The number of hydrogen-bond donors (Lipinski definition) is 1. The molecule has 4 nitrogen and oxygen atoms in total. The van der Waals surface area contributed by atoms with Crippen LogP contribution < -0.4 is 14.8 Å². The Morgan fingerprint density at radius 2 is 1.89 bits per heavy atom. The van der Waals surface area contributed by atoms with E-state index in [1.165, 1.54) is 0 Å². The lowest BCUT2D eigenvalue weighted by molar-refractivity contribution is -0.161. The van der Waals surface area contributed by atoms with Crippen LogP contribution in [0.2, 0.25) is 0 Å². The molecular formula is C20H26Br3NO3. The van der Waals surface area contributed by atoms with E-state index in [9.17, 15) is 4.79 Å². The highest BCUT2D eigenvalue weighted by molar-refractivity contribution is 9.24. The van der Waals surface area contributed by atoms with Gasteiger partial charge in [0.15, 0.2) is 11.5 Å². The maximum atomic E-state index is 13.2. The first-order chi connectivity index (χ1) is 12.7. The normalized spacial score (nSPS) is 30.7. The van der Waals surface area contributed by atoms with Crippen LogP contribution in [0.15, 0.2) is 18.2 Å². The molecule has 0 radical (unpaired) electrons. The smallest absolute Gasteiger partial charge is 0.227 e. The Kier molecular flexibility index (Phi) is 5.97. The molecule has 1 aromatic rings. The molecule has 0 saturated heterocycles. The number of methoxy groups -OCH3 is 2. The predicted octanol–water partition coefficient (Wildman–Crippen LogP) is 5.05. The van der Waals surface area contributed by atoms with Gasteiger partial charge in [0.05, 0.1) is 23.4 Å². The fourth-order valence-corrected chi connectivity index (χ4v) is 10.1. The van der Waals surface area contributed by atoms with Crippen LogP contribution in [0.3, 0.4) is 0 Å². The molecule has 3 aliphatic rings. The molecule has 0 spiro atoms. The van der Waals surface area contributed by atoms with Crippen molar-refractivity contribution in [1.82, 2.24) is 5.32 Å². The largest absolute Gasteiger partial charge is 0.493 e. The maximum absolute atomic E-state index is 13.2. The van der Waals surface area contributed by atoms with Crippen LogP contribution in [0.4, 0.5) is 0 Å². The standard InChI is InChI=1S/C20H26Br3NO3/c1-18(2)19(16(22)23)8-9-20(18,15(19)21)17(25)24-10-7-12-5-6-13(26-3)14(11-12)27-4/h5-6,11,15-16H,7-10H2,1-4H3,(H,24,25). The number of halogens is 3. The molecule has 27 heavy (non-hydrogen) atoms. The molecule has 3 atom stereocenters. The molecule has 2 bridgehead atoms. The van der Waals surface area contributed by atoms with Crippen molar-refractivity contribution in [3.05, 3.63) is 23.8 Å². The average Bonchev–Trinajstić information content (AvgIpc) is 3.11. The number of benzene rings is 1. The third kappa shape index (κ3) is 2.82. The van der Waals surface area contributed by atoms with Crippen molar-refractivity contribution in [2.24, 2.45) is 16.2 Å². The minimum Gasteiger partial charge on any atom is -0.493 e. The fraction of sp³-hybridized carbons (Fsp3) is 0.650. The number of ether oxygens (including phenoxy) is 2. The molecule has 0 heterocycles. The Labute approximate surface area is 186 Å². The molecule has 150 valence electrons. The lowest BCUT2D eigenvalue weighted by Crippen LogP contribution is -2.72. The van der Waals surface area contributed by atoms with Crippen molar-refractivity contribution in [3.8, 4) is 11.5 Å². The van der Waals surface area contributed by atoms with Crippen LogP contribution in [0.1, 0.15) is 32.3 Å². The lowest BCUT2D eigenvalue weighted by atomic mass is 9.43. The second-order valence-electron chi connectivity index (χ2n) is 8.00. The number of hydrogen-bond acceptors (Lipinski definition) is 3. The van der Waals surface area contributed by atoms with Crippen molar-refractivity contribution in [1.29, 1.82) is 0 Å². The Balaban J connectivity index is 1.66. The van der Waals surface area contributed by atoms with Gasteiger partial charge in [0.1, 0.15) is 0 Å². The average molecular weight is 568 g/mol. The van der Waals surface area contributed by atoms with E-state index in [1.807, 2.05) is 18.2 Å². The molecule has 3 saturated carbocycles. The first kappa shape index (κ1) is 21.4. The maximum Gasteiger partial charge on any atom is 0.227 e. The molecule has 7 heteroatoms. The molecule has 0 aromatic heterocycles. The topological polar surface area (TPSA) is 47.6 Å². The van der Waals surface area contributed by atoms with Crippen molar-refractivity contribution in [2.45, 2.75) is 41.7 Å². The van der Waals surface area contributed by atoms with Crippen LogP contribution >= 0.6 is 47.8 Å². The van der Waals surface area contributed by atoms with Gasteiger partial charge in [0.25, 0.3) is 0 Å². The summed E-state index contributed by atoms with van der Waals surface area (Å²) in [4.78, 5) is 13.4. The SMILES string of the molecule is COc1ccc(CCNC(=O)C23CCC(C(Br)Br)(C2Br)C3(C)C)cc1OC. The fourth-order valence-electron chi connectivity index (χ4n) is 5.21. The van der Waals surface area contributed by atoms with E-state index in [0.717, 1.165) is 24.8 Å². The van der Waals surface area contributed by atoms with Gasteiger partial charge in [0.2, 0.25) is 5.91 Å². The molecule has 4 rings (SSSR count). The first-order valence-electron chi connectivity index (χ1n) is 9.10. The predicted molar refractivity (Wildman–Crippen MR) is 118 cm³/mol. The van der Waals surface area contributed by atoms with E-state index in [0.29, 0.717) is 18.0 Å². The minimum absolute atomic E-state index is 0.0493. The van der Waals surface area contributed by atoms with Gasteiger partial charge in [-0.3, -0.25) is 4.79 Å². The zero-order valence-electron chi connectivity index (χ0n) is 16.1. The highest BCUT2D eigenvalue weighted by Gasteiger charge is 2.83. The van der Waals surface area contributed by atoms with Gasteiger partial charge in [-0.25, -0.2) is 0 Å². The summed E-state index contributed by atoms with van der Waals surface area (Å²) in [6, 6.07) is 5.87. The van der Waals surface area contributed by atoms with E-state index in [4.69, 9.17) is 9.47 Å². The van der Waals surface area contributed by atoms with Crippen LogP contribution in [0.25, 0.3) is 0 Å². The number of fused-ring (bicyclic) bond motifs is 1. The number of carbonyl (C=O) groups is 1. The number of nitrogens with one attached hydrogen (secondary N) is 1. The number of rotatable bonds is 7. The highest BCUT2D eigenvalue weighted by Crippen LogP contribution is 2.82. The summed E-state index contributed by atoms with van der Waals surface area (Å²) < 4.78 is 10.8. The Bertz CT molecular complexity index is 739. The van der Waals surface area contributed by atoms with Crippen molar-refractivity contribution < 1.29 is 14.3 Å². The van der Waals surface area contributed by atoms with Gasteiger partial charge in [-0.2, -0.15) is 0 Å². The minimum atomic E-state index is -0.357. The van der Waals surface area contributed by atoms with Gasteiger partial charge < -0.3 is 14.8 Å². The summed E-state index contributed by atoms with van der Waals surface area (Å²) in [6.45, 7) is 5.05. The summed E-state index contributed by atoms with van der Waals surface area (Å²) >= 11 is 11.3. The Hall–Kier alpha value is -0.270. The van der Waals surface area contributed by atoms with Gasteiger partial charge in [-0.15, -0.1) is 0 Å². The second kappa shape index (κ2) is 7.52. The third-order valence-corrected chi connectivity index (χ3v) is 10.3. The van der Waals surface area contributed by atoms with Crippen LogP contribution in [0.5, 0.6) is 11.5 Å². The summed E-state index contributed by atoms with van der Waals surface area (Å²) in [6.07, 6.45) is 2.69. The molecule has 3 unspecified atom stereocenters. The summed E-state index contributed by atoms with van der Waals surface area (Å²) in [5.74, 6) is 1.58. The van der Waals surface area contributed by atoms with Crippen molar-refractivity contribution >= 4 is 53.7 Å². The Morgan fingerprint density at radius 3 is 2.41 bits per heavy atom. The van der Waals surface area contributed by atoms with E-state index < -0.39 is 0 Å². The zero-order chi connectivity index (χ0) is 20.0. The van der Waals surface area contributed by atoms with Crippen molar-refractivity contribution in [2.75, 3.05) is 20.8 Å². The van der Waals surface area contributed by atoms with Gasteiger partial charge >= 0.3 is 0 Å². The number of amides is 1. The van der Waals surface area contributed by atoms with E-state index in [2.05, 4.69) is 67.0 Å². The van der Waals surface area contributed by atoms with Gasteiger partial charge in [0, 0.05) is 16.8 Å². The molecule has 3 fully saturated rings. The van der Waals surface area contributed by atoms with Crippen LogP contribution in [0, 0.1) is 16.2 Å². The first-order valence-corrected chi connectivity index (χ1v) is 11.8. The molecule has 1 amide bonds. The van der Waals surface area contributed by atoms with Crippen LogP contribution in [-0.4, -0.2) is 35.2 Å². The Morgan fingerprint density at radius 1 is 1.22 bits per heavy atom. The molecule has 1 aromatic carbocycles. The number of carbonyl (C=O) groups excluding carboxylic acids is 1. The third-order valence-electron chi connectivity index (χ3n) is 7.04. The molecule has 1 N–H and O–H groups in total. The van der Waals surface area contributed by atoms with Crippen molar-refractivity contribution in [3.63, 3.8) is 0 Å². The summed E-state index contributed by atoms with van der Waals surface area (Å²) in [5, 5.41) is 3.19. The van der Waals surface area contributed by atoms with E-state index >= 15 is 0 Å². The number of alkyl halides is 3.